The fourth-order valence-electron chi connectivity index (χ4n) is 3.22. The van der Waals surface area contributed by atoms with Crippen LogP contribution < -0.4 is 4.74 Å². The number of aromatic amines is 1. The molecule has 4 aromatic rings. The van der Waals surface area contributed by atoms with Crippen LogP contribution in [0.3, 0.4) is 0 Å². The number of aliphatic carboxylic acids is 2. The van der Waals surface area contributed by atoms with Crippen molar-refractivity contribution in [1.29, 1.82) is 0 Å². The van der Waals surface area contributed by atoms with Crippen LogP contribution in [-0.4, -0.2) is 68.7 Å². The number of aromatic nitrogens is 3. The van der Waals surface area contributed by atoms with Gasteiger partial charge in [0.2, 0.25) is 11.8 Å². The largest absolute Gasteiger partial charge is 0.493 e. The van der Waals surface area contributed by atoms with Crippen LogP contribution in [0.25, 0.3) is 22.4 Å². The monoisotopic (exact) mass is 512 g/mol. The van der Waals surface area contributed by atoms with E-state index in [1.54, 1.807) is 11.8 Å². The zero-order valence-electron chi connectivity index (χ0n) is 20.2. The van der Waals surface area contributed by atoms with Gasteiger partial charge in [0.15, 0.2) is 0 Å². The molecule has 0 spiro atoms. The SMILES string of the molecule is CC(c1c[nH]c2ccc(-c3nnc(CSCCOc4ccccc4)o3)cc12)N(C)C.O=C(O)C(=O)O. The molecule has 1 atom stereocenters. The van der Waals surface area contributed by atoms with E-state index in [0.717, 1.165) is 22.6 Å². The molecule has 0 aliphatic carbocycles. The van der Waals surface area contributed by atoms with Gasteiger partial charge in [-0.25, -0.2) is 9.59 Å². The summed E-state index contributed by atoms with van der Waals surface area (Å²) in [5, 5.41) is 24.4. The first-order valence-corrected chi connectivity index (χ1v) is 12.2. The molecule has 0 aliphatic rings. The van der Waals surface area contributed by atoms with E-state index < -0.39 is 11.9 Å². The Morgan fingerprint density at radius 2 is 1.83 bits per heavy atom. The average molecular weight is 513 g/mol. The molecule has 0 saturated heterocycles. The molecule has 4 rings (SSSR count). The third kappa shape index (κ3) is 7.33. The van der Waals surface area contributed by atoms with Crippen molar-refractivity contribution in [3.8, 4) is 17.2 Å². The first-order chi connectivity index (χ1) is 17.3. The van der Waals surface area contributed by atoms with Crippen molar-refractivity contribution in [2.24, 2.45) is 0 Å². The molecule has 2 aromatic heterocycles. The maximum atomic E-state index is 9.10. The summed E-state index contributed by atoms with van der Waals surface area (Å²) in [6.07, 6.45) is 2.08. The summed E-state index contributed by atoms with van der Waals surface area (Å²) >= 11 is 1.72. The standard InChI is InChI=1S/C23H26N4O2S.C2H2O4/c1-16(27(2)3)20-14-24-21-10-9-17(13-19(20)21)23-26-25-22(29-23)15-30-12-11-28-18-7-5-4-6-8-18;3-1(4)2(5)6/h4-10,13-14,16,24H,11-12,15H2,1-3H3;(H,3,4)(H,5,6). The molecule has 11 heteroatoms. The summed E-state index contributed by atoms with van der Waals surface area (Å²) in [6, 6.07) is 16.3. The number of carboxylic acid groups (broad SMARTS) is 2. The summed E-state index contributed by atoms with van der Waals surface area (Å²) in [6.45, 7) is 2.84. The second-order valence-electron chi connectivity index (χ2n) is 7.97. The minimum atomic E-state index is -1.82. The van der Waals surface area contributed by atoms with E-state index in [1.165, 1.54) is 10.9 Å². The fraction of sp³-hybridized carbons (Fsp3) is 0.280. The summed E-state index contributed by atoms with van der Waals surface area (Å²) in [4.78, 5) is 23.7. The number of nitrogens with zero attached hydrogens (tertiary/aromatic N) is 3. The van der Waals surface area contributed by atoms with Gasteiger partial charge in [-0.05, 0) is 56.9 Å². The van der Waals surface area contributed by atoms with Crippen LogP contribution in [0.1, 0.15) is 24.4 Å². The second-order valence-corrected chi connectivity index (χ2v) is 9.07. The van der Waals surface area contributed by atoms with Gasteiger partial charge in [-0.1, -0.05) is 18.2 Å². The van der Waals surface area contributed by atoms with Crippen LogP contribution in [0.2, 0.25) is 0 Å². The molecular weight excluding hydrogens is 484 g/mol. The molecular formula is C25H28N4O6S. The number of H-pyrrole nitrogens is 1. The van der Waals surface area contributed by atoms with Crippen molar-refractivity contribution in [3.05, 3.63) is 66.2 Å². The van der Waals surface area contributed by atoms with E-state index in [0.29, 0.717) is 30.2 Å². The van der Waals surface area contributed by atoms with E-state index in [2.05, 4.69) is 59.4 Å². The summed E-state index contributed by atoms with van der Waals surface area (Å²) in [7, 11) is 4.17. The molecule has 0 fully saturated rings. The number of hydrogen-bond acceptors (Lipinski definition) is 8. The Kier molecular flexibility index (Phi) is 9.48. The number of hydrogen-bond donors (Lipinski definition) is 3. The fourth-order valence-corrected chi connectivity index (χ4v) is 3.86. The van der Waals surface area contributed by atoms with E-state index >= 15 is 0 Å². The highest BCUT2D eigenvalue weighted by atomic mass is 32.2. The minimum absolute atomic E-state index is 0.307. The number of thioether (sulfide) groups is 1. The molecule has 3 N–H and O–H groups in total. The number of carbonyl (C=O) groups is 2. The van der Waals surface area contributed by atoms with Crippen molar-refractivity contribution < 1.29 is 29.0 Å². The van der Waals surface area contributed by atoms with Crippen molar-refractivity contribution in [3.63, 3.8) is 0 Å². The lowest BCUT2D eigenvalue weighted by molar-refractivity contribution is -0.159. The molecule has 190 valence electrons. The van der Waals surface area contributed by atoms with Gasteiger partial charge in [0.25, 0.3) is 0 Å². The Balaban J connectivity index is 0.000000538. The maximum absolute atomic E-state index is 9.10. The molecule has 36 heavy (non-hydrogen) atoms. The number of para-hydroxylation sites is 1. The molecule has 0 saturated carbocycles. The van der Waals surface area contributed by atoms with Gasteiger partial charge < -0.3 is 29.3 Å². The van der Waals surface area contributed by atoms with Gasteiger partial charge in [0.05, 0.1) is 12.4 Å². The van der Waals surface area contributed by atoms with Gasteiger partial charge in [0, 0.05) is 34.5 Å². The summed E-state index contributed by atoms with van der Waals surface area (Å²) in [5.74, 6) is -0.0523. The zero-order valence-corrected chi connectivity index (χ0v) is 21.0. The Bertz CT molecular complexity index is 1280. The van der Waals surface area contributed by atoms with Crippen LogP contribution in [0, 0.1) is 0 Å². The van der Waals surface area contributed by atoms with Crippen molar-refractivity contribution in [2.75, 3.05) is 26.5 Å². The second kappa shape index (κ2) is 12.8. The number of carboxylic acids is 2. The normalized spacial score (nSPS) is 11.7. The molecule has 2 heterocycles. The number of benzene rings is 2. The van der Waals surface area contributed by atoms with Gasteiger partial charge in [0.1, 0.15) is 5.75 Å². The average Bonchev–Trinajstić information content (AvgIpc) is 3.51. The lowest BCUT2D eigenvalue weighted by Gasteiger charge is -2.19. The third-order valence-corrected chi connectivity index (χ3v) is 6.21. The smallest absolute Gasteiger partial charge is 0.414 e. The van der Waals surface area contributed by atoms with Crippen LogP contribution in [-0.2, 0) is 15.3 Å². The molecule has 0 bridgehead atoms. The highest BCUT2D eigenvalue weighted by Gasteiger charge is 2.15. The number of fused-ring (bicyclic) bond motifs is 1. The Morgan fingerprint density at radius 1 is 1.11 bits per heavy atom. The van der Waals surface area contributed by atoms with E-state index in [-0.39, 0.29) is 0 Å². The lowest BCUT2D eigenvalue weighted by atomic mass is 10.0. The van der Waals surface area contributed by atoms with E-state index in [4.69, 9.17) is 29.0 Å². The molecule has 2 aromatic carbocycles. The van der Waals surface area contributed by atoms with Gasteiger partial charge in [-0.15, -0.1) is 22.0 Å². The number of nitrogens with one attached hydrogen (secondary N) is 1. The third-order valence-electron chi connectivity index (χ3n) is 5.30. The van der Waals surface area contributed by atoms with Crippen molar-refractivity contribution in [2.45, 2.75) is 18.7 Å². The van der Waals surface area contributed by atoms with Gasteiger partial charge in [-0.2, -0.15) is 0 Å². The molecule has 0 amide bonds. The summed E-state index contributed by atoms with van der Waals surface area (Å²) < 4.78 is 11.6. The maximum Gasteiger partial charge on any atom is 0.414 e. The first kappa shape index (κ1) is 26.8. The topological polar surface area (TPSA) is 142 Å². The predicted molar refractivity (Wildman–Crippen MR) is 137 cm³/mol. The quantitative estimate of drug-likeness (QED) is 0.219. The Labute approximate surface area is 212 Å². The van der Waals surface area contributed by atoms with E-state index in [9.17, 15) is 0 Å². The minimum Gasteiger partial charge on any atom is -0.493 e. The number of ether oxygens (including phenoxy) is 1. The van der Waals surface area contributed by atoms with E-state index in [1.807, 2.05) is 36.4 Å². The zero-order chi connectivity index (χ0) is 26.1. The van der Waals surface area contributed by atoms with Gasteiger partial charge >= 0.3 is 11.9 Å². The molecule has 0 radical (unpaired) electrons. The summed E-state index contributed by atoms with van der Waals surface area (Å²) in [5.41, 5.74) is 3.30. The first-order valence-electron chi connectivity index (χ1n) is 11.1. The molecule has 1 unspecified atom stereocenters. The molecule has 0 aliphatic heterocycles. The van der Waals surface area contributed by atoms with Crippen molar-refractivity contribution >= 4 is 34.6 Å². The predicted octanol–water partition coefficient (Wildman–Crippen LogP) is 4.31. The number of rotatable bonds is 9. The van der Waals surface area contributed by atoms with Crippen molar-refractivity contribution in [1.82, 2.24) is 20.1 Å². The Morgan fingerprint density at radius 3 is 2.50 bits per heavy atom. The molecule has 10 nitrogen and oxygen atoms in total. The lowest BCUT2D eigenvalue weighted by Crippen LogP contribution is -2.16. The highest BCUT2D eigenvalue weighted by molar-refractivity contribution is 7.98. The highest BCUT2D eigenvalue weighted by Crippen LogP contribution is 2.30. The Hall–Kier alpha value is -3.83. The van der Waals surface area contributed by atoms with Crippen LogP contribution in [0.15, 0.2) is 59.1 Å². The van der Waals surface area contributed by atoms with Gasteiger partial charge in [-0.3, -0.25) is 0 Å². The van der Waals surface area contributed by atoms with Crippen LogP contribution in [0.5, 0.6) is 5.75 Å². The van der Waals surface area contributed by atoms with Crippen LogP contribution >= 0.6 is 11.8 Å². The van der Waals surface area contributed by atoms with Crippen LogP contribution in [0.4, 0.5) is 0 Å².